The highest BCUT2D eigenvalue weighted by atomic mass is 16.5. The van der Waals surface area contributed by atoms with E-state index >= 15 is 0 Å². The molecule has 0 bridgehead atoms. The molecule has 3 aromatic carbocycles. The van der Waals surface area contributed by atoms with Crippen molar-refractivity contribution in [2.75, 3.05) is 5.32 Å². The lowest BCUT2D eigenvalue weighted by Crippen LogP contribution is -2.06. The summed E-state index contributed by atoms with van der Waals surface area (Å²) in [4.78, 5) is 16.0. The van der Waals surface area contributed by atoms with Crippen LogP contribution >= 0.6 is 0 Å². The highest BCUT2D eigenvalue weighted by Gasteiger charge is 2.13. The van der Waals surface area contributed by atoms with E-state index in [1.54, 1.807) is 18.3 Å². The van der Waals surface area contributed by atoms with E-state index in [0.717, 1.165) is 11.3 Å². The van der Waals surface area contributed by atoms with Crippen LogP contribution in [0.1, 0.15) is 0 Å². The molecule has 2 heterocycles. The SMILES string of the molecule is C=CC(=O)Nc1cccc(-c2cc3nccc(Oc4ccc(Oc5ccccc5)cc4)c3o2)c1. The Labute approximate surface area is 196 Å². The van der Waals surface area contributed by atoms with Gasteiger partial charge in [-0.1, -0.05) is 36.9 Å². The predicted octanol–water partition coefficient (Wildman–Crippen LogP) is 7.20. The maximum absolute atomic E-state index is 11.6. The monoisotopic (exact) mass is 448 g/mol. The lowest BCUT2D eigenvalue weighted by molar-refractivity contribution is -0.111. The number of furan rings is 1. The van der Waals surface area contributed by atoms with E-state index in [1.165, 1.54) is 6.08 Å². The van der Waals surface area contributed by atoms with E-state index in [4.69, 9.17) is 13.9 Å². The number of pyridine rings is 1. The normalized spacial score (nSPS) is 10.6. The first-order valence-corrected chi connectivity index (χ1v) is 10.6. The van der Waals surface area contributed by atoms with Crippen LogP contribution in [0.4, 0.5) is 5.69 Å². The third-order valence-electron chi connectivity index (χ3n) is 5.01. The summed E-state index contributed by atoms with van der Waals surface area (Å²) < 4.78 is 18.0. The number of nitrogens with one attached hydrogen (secondary N) is 1. The van der Waals surface area contributed by atoms with Crippen LogP contribution < -0.4 is 14.8 Å². The van der Waals surface area contributed by atoms with E-state index in [-0.39, 0.29) is 5.91 Å². The number of anilines is 1. The summed E-state index contributed by atoms with van der Waals surface area (Å²) in [5, 5.41) is 2.75. The van der Waals surface area contributed by atoms with Gasteiger partial charge in [0.05, 0.1) is 0 Å². The molecule has 1 N–H and O–H groups in total. The van der Waals surface area contributed by atoms with Crippen molar-refractivity contribution in [2.24, 2.45) is 0 Å². The fourth-order valence-electron chi connectivity index (χ4n) is 3.41. The number of para-hydroxylation sites is 1. The molecule has 0 fully saturated rings. The molecule has 166 valence electrons. The molecule has 0 unspecified atom stereocenters. The Balaban J connectivity index is 1.37. The van der Waals surface area contributed by atoms with Gasteiger partial charge >= 0.3 is 0 Å². The second-order valence-corrected chi connectivity index (χ2v) is 7.40. The Kier molecular flexibility index (Phi) is 5.78. The van der Waals surface area contributed by atoms with Crippen LogP contribution in [0, 0.1) is 0 Å². The minimum absolute atomic E-state index is 0.278. The van der Waals surface area contributed by atoms with Crippen LogP contribution in [0.15, 0.2) is 114 Å². The molecule has 2 aromatic heterocycles. The first-order chi connectivity index (χ1) is 16.7. The van der Waals surface area contributed by atoms with Gasteiger partial charge < -0.3 is 19.2 Å². The van der Waals surface area contributed by atoms with Gasteiger partial charge in [0.25, 0.3) is 0 Å². The van der Waals surface area contributed by atoms with Crippen molar-refractivity contribution in [1.29, 1.82) is 0 Å². The van der Waals surface area contributed by atoms with E-state index in [9.17, 15) is 4.79 Å². The molecule has 0 saturated heterocycles. The Hall–Kier alpha value is -4.84. The third kappa shape index (κ3) is 4.66. The van der Waals surface area contributed by atoms with Crippen molar-refractivity contribution in [2.45, 2.75) is 0 Å². The molecule has 6 heteroatoms. The van der Waals surface area contributed by atoms with Gasteiger partial charge in [0.15, 0.2) is 11.3 Å². The van der Waals surface area contributed by atoms with Crippen molar-refractivity contribution < 1.29 is 18.7 Å². The van der Waals surface area contributed by atoms with Crippen molar-refractivity contribution in [3.05, 3.63) is 110 Å². The minimum Gasteiger partial charge on any atom is -0.457 e. The molecule has 0 radical (unpaired) electrons. The summed E-state index contributed by atoms with van der Waals surface area (Å²) in [6, 6.07) is 27.9. The van der Waals surface area contributed by atoms with Crippen LogP contribution in [-0.2, 0) is 4.79 Å². The number of fused-ring (bicyclic) bond motifs is 1. The first kappa shape index (κ1) is 21.0. The summed E-state index contributed by atoms with van der Waals surface area (Å²) in [5.74, 6) is 2.99. The minimum atomic E-state index is -0.278. The Morgan fingerprint density at radius 2 is 1.59 bits per heavy atom. The number of hydrogen-bond donors (Lipinski definition) is 1. The summed E-state index contributed by atoms with van der Waals surface area (Å²) in [6.45, 7) is 3.47. The Morgan fingerprint density at radius 3 is 2.35 bits per heavy atom. The largest absolute Gasteiger partial charge is 0.457 e. The molecule has 5 aromatic rings. The van der Waals surface area contributed by atoms with Gasteiger partial charge in [-0.15, -0.1) is 0 Å². The summed E-state index contributed by atoms with van der Waals surface area (Å²) in [6.07, 6.45) is 2.90. The molecule has 1 amide bonds. The number of amides is 1. The maximum Gasteiger partial charge on any atom is 0.247 e. The molecular formula is C28H20N2O4. The molecule has 34 heavy (non-hydrogen) atoms. The molecule has 0 aliphatic heterocycles. The molecule has 0 aliphatic carbocycles. The second kappa shape index (κ2) is 9.34. The van der Waals surface area contributed by atoms with Gasteiger partial charge in [-0.05, 0) is 54.6 Å². The first-order valence-electron chi connectivity index (χ1n) is 10.6. The van der Waals surface area contributed by atoms with Crippen molar-refractivity contribution in [3.63, 3.8) is 0 Å². The zero-order chi connectivity index (χ0) is 23.3. The van der Waals surface area contributed by atoms with Gasteiger partial charge in [0.1, 0.15) is 28.5 Å². The number of carbonyl (C=O) groups excluding carboxylic acids is 1. The molecule has 0 saturated carbocycles. The molecule has 0 spiro atoms. The van der Waals surface area contributed by atoms with Gasteiger partial charge in [-0.25, -0.2) is 0 Å². The lowest BCUT2D eigenvalue weighted by Gasteiger charge is -2.08. The predicted molar refractivity (Wildman–Crippen MR) is 131 cm³/mol. The Bertz CT molecular complexity index is 1460. The van der Waals surface area contributed by atoms with Crippen LogP contribution in [0.25, 0.3) is 22.4 Å². The van der Waals surface area contributed by atoms with Crippen molar-refractivity contribution in [1.82, 2.24) is 4.98 Å². The average Bonchev–Trinajstić information content (AvgIpc) is 3.32. The average molecular weight is 448 g/mol. The smallest absolute Gasteiger partial charge is 0.247 e. The quantitative estimate of drug-likeness (QED) is 0.266. The number of aromatic nitrogens is 1. The number of rotatable bonds is 7. The molecule has 5 rings (SSSR count). The second-order valence-electron chi connectivity index (χ2n) is 7.40. The maximum atomic E-state index is 11.6. The molecule has 6 nitrogen and oxygen atoms in total. The van der Waals surface area contributed by atoms with E-state index < -0.39 is 0 Å². The molecule has 0 aliphatic rings. The van der Waals surface area contributed by atoms with Gasteiger partial charge in [0, 0.05) is 29.6 Å². The molecular weight excluding hydrogens is 428 g/mol. The summed E-state index contributed by atoms with van der Waals surface area (Å²) >= 11 is 0. The number of carbonyl (C=O) groups is 1. The zero-order valence-corrected chi connectivity index (χ0v) is 18.1. The van der Waals surface area contributed by atoms with Crippen LogP contribution in [0.3, 0.4) is 0 Å². The van der Waals surface area contributed by atoms with E-state index in [1.807, 2.05) is 78.9 Å². The number of benzene rings is 3. The van der Waals surface area contributed by atoms with Gasteiger partial charge in [0.2, 0.25) is 5.91 Å². The van der Waals surface area contributed by atoms with Crippen molar-refractivity contribution in [3.8, 4) is 34.3 Å². The highest BCUT2D eigenvalue weighted by molar-refractivity contribution is 5.99. The standard InChI is InChI=1S/C28H20N2O4/c1-2-27(31)30-20-8-6-7-19(17-20)26-18-24-28(34-26)25(15-16-29-24)33-23-13-11-22(12-14-23)32-21-9-4-3-5-10-21/h2-18H,1H2,(H,30,31). The Morgan fingerprint density at radius 1 is 0.853 bits per heavy atom. The molecule has 0 atom stereocenters. The van der Waals surface area contributed by atoms with E-state index in [2.05, 4.69) is 16.9 Å². The third-order valence-corrected chi connectivity index (χ3v) is 5.01. The zero-order valence-electron chi connectivity index (χ0n) is 18.1. The lowest BCUT2D eigenvalue weighted by atomic mass is 10.1. The number of hydrogen-bond acceptors (Lipinski definition) is 5. The van der Waals surface area contributed by atoms with Crippen LogP contribution in [-0.4, -0.2) is 10.9 Å². The fourth-order valence-corrected chi connectivity index (χ4v) is 3.41. The van der Waals surface area contributed by atoms with Crippen molar-refractivity contribution >= 4 is 22.7 Å². The number of nitrogens with zero attached hydrogens (tertiary/aromatic N) is 1. The topological polar surface area (TPSA) is 73.6 Å². The van der Waals surface area contributed by atoms with Gasteiger partial charge in [-0.2, -0.15) is 0 Å². The van der Waals surface area contributed by atoms with Crippen LogP contribution in [0.5, 0.6) is 23.0 Å². The highest BCUT2D eigenvalue weighted by Crippen LogP contribution is 2.35. The summed E-state index contributed by atoms with van der Waals surface area (Å²) in [5.41, 5.74) is 2.64. The summed E-state index contributed by atoms with van der Waals surface area (Å²) in [7, 11) is 0. The number of ether oxygens (including phenoxy) is 2. The van der Waals surface area contributed by atoms with Gasteiger partial charge in [-0.3, -0.25) is 9.78 Å². The van der Waals surface area contributed by atoms with Crippen LogP contribution in [0.2, 0.25) is 0 Å². The fraction of sp³-hybridized carbons (Fsp3) is 0. The van der Waals surface area contributed by atoms with E-state index in [0.29, 0.717) is 39.8 Å².